The van der Waals surface area contributed by atoms with Gasteiger partial charge in [0.25, 0.3) is 0 Å². The Morgan fingerprint density at radius 1 is 1.14 bits per heavy atom. The molecule has 0 aliphatic carbocycles. The first-order chi connectivity index (χ1) is 10.1. The first-order valence-electron chi connectivity index (χ1n) is 6.98. The highest BCUT2D eigenvalue weighted by molar-refractivity contribution is 5.76. The predicted molar refractivity (Wildman–Crippen MR) is 82.4 cm³/mol. The zero-order chi connectivity index (χ0) is 15.5. The van der Waals surface area contributed by atoms with Crippen LogP contribution in [-0.2, 0) is 9.53 Å². The Bertz CT molecular complexity index is 437. The molecular formula is C15H23N3O3. The lowest BCUT2D eigenvalue weighted by molar-refractivity contribution is -0.120. The number of alkyl carbamates (subject to hydrolysis) is 1. The van der Waals surface area contributed by atoms with Crippen molar-refractivity contribution in [1.82, 2.24) is 10.6 Å². The van der Waals surface area contributed by atoms with Crippen LogP contribution in [0, 0.1) is 0 Å². The highest BCUT2D eigenvalue weighted by atomic mass is 16.5. The second kappa shape index (κ2) is 9.63. The number of carbonyl (C=O) groups is 2. The van der Waals surface area contributed by atoms with Crippen LogP contribution in [0.15, 0.2) is 30.3 Å². The molecule has 0 bridgehead atoms. The van der Waals surface area contributed by atoms with Gasteiger partial charge in [-0.15, -0.1) is 0 Å². The lowest BCUT2D eigenvalue weighted by Gasteiger charge is -2.19. The van der Waals surface area contributed by atoms with Gasteiger partial charge in [0.15, 0.2) is 0 Å². The van der Waals surface area contributed by atoms with Crippen molar-refractivity contribution in [3.05, 3.63) is 30.3 Å². The van der Waals surface area contributed by atoms with Crippen LogP contribution in [0.5, 0.6) is 0 Å². The Labute approximate surface area is 125 Å². The SMILES string of the molecule is COC(=O)NCCC(=O)NCCCN(C)c1ccccc1. The summed E-state index contributed by atoms with van der Waals surface area (Å²) in [4.78, 5) is 24.4. The summed E-state index contributed by atoms with van der Waals surface area (Å²) in [6.45, 7) is 1.77. The first kappa shape index (κ1) is 16.8. The number of hydrogen-bond donors (Lipinski definition) is 2. The zero-order valence-electron chi connectivity index (χ0n) is 12.6. The molecule has 1 rings (SSSR count). The zero-order valence-corrected chi connectivity index (χ0v) is 12.6. The molecule has 0 heterocycles. The van der Waals surface area contributed by atoms with Crippen molar-refractivity contribution >= 4 is 17.7 Å². The Hall–Kier alpha value is -2.24. The molecule has 0 radical (unpaired) electrons. The van der Waals surface area contributed by atoms with Crippen LogP contribution in [0.2, 0.25) is 0 Å². The number of rotatable bonds is 8. The first-order valence-corrected chi connectivity index (χ1v) is 6.98. The van der Waals surface area contributed by atoms with Crippen LogP contribution in [0.3, 0.4) is 0 Å². The van der Waals surface area contributed by atoms with Gasteiger partial charge in [-0.25, -0.2) is 4.79 Å². The van der Waals surface area contributed by atoms with Crippen LogP contribution in [0.25, 0.3) is 0 Å². The Morgan fingerprint density at radius 2 is 1.86 bits per heavy atom. The molecule has 0 unspecified atom stereocenters. The van der Waals surface area contributed by atoms with E-state index in [0.29, 0.717) is 6.54 Å². The fraction of sp³-hybridized carbons (Fsp3) is 0.467. The third kappa shape index (κ3) is 7.20. The Morgan fingerprint density at radius 3 is 2.52 bits per heavy atom. The van der Waals surface area contributed by atoms with Crippen LogP contribution < -0.4 is 15.5 Å². The van der Waals surface area contributed by atoms with E-state index < -0.39 is 6.09 Å². The number of amides is 2. The van der Waals surface area contributed by atoms with Crippen molar-refractivity contribution in [3.63, 3.8) is 0 Å². The molecule has 2 amide bonds. The summed E-state index contributed by atoms with van der Waals surface area (Å²) in [5.74, 6) is -0.0752. The van der Waals surface area contributed by atoms with Crippen molar-refractivity contribution < 1.29 is 14.3 Å². The largest absolute Gasteiger partial charge is 0.453 e. The molecule has 6 nitrogen and oxygen atoms in total. The van der Waals surface area contributed by atoms with E-state index in [1.165, 1.54) is 7.11 Å². The van der Waals surface area contributed by atoms with Crippen LogP contribution >= 0.6 is 0 Å². The summed E-state index contributed by atoms with van der Waals surface area (Å²) >= 11 is 0. The van der Waals surface area contributed by atoms with Gasteiger partial charge in [0.2, 0.25) is 5.91 Å². The van der Waals surface area contributed by atoms with Gasteiger partial charge in [-0.05, 0) is 18.6 Å². The molecule has 0 fully saturated rings. The predicted octanol–water partition coefficient (Wildman–Crippen LogP) is 1.38. The van der Waals surface area contributed by atoms with Gasteiger partial charge >= 0.3 is 6.09 Å². The summed E-state index contributed by atoms with van der Waals surface area (Å²) < 4.78 is 4.41. The number of methoxy groups -OCH3 is 1. The topological polar surface area (TPSA) is 70.7 Å². The second-order valence-corrected chi connectivity index (χ2v) is 4.63. The Balaban J connectivity index is 2.08. The van der Waals surface area contributed by atoms with Crippen LogP contribution in [0.1, 0.15) is 12.8 Å². The molecule has 0 saturated heterocycles. The number of nitrogens with one attached hydrogen (secondary N) is 2. The normalized spacial score (nSPS) is 9.81. The van der Waals surface area contributed by atoms with Crippen molar-refractivity contribution in [2.75, 3.05) is 38.7 Å². The molecule has 1 aromatic carbocycles. The smallest absolute Gasteiger partial charge is 0.406 e. The van der Waals surface area contributed by atoms with E-state index in [2.05, 4.69) is 32.4 Å². The standard InChI is InChI=1S/C15H23N3O3/c1-18(13-7-4-3-5-8-13)12-6-10-16-14(19)9-11-17-15(20)21-2/h3-5,7-8H,6,9-12H2,1-2H3,(H,16,19)(H,17,20). The lowest BCUT2D eigenvalue weighted by atomic mass is 10.3. The molecule has 1 aromatic rings. The summed E-state index contributed by atoms with van der Waals surface area (Å²) in [5, 5.41) is 5.29. The molecular weight excluding hydrogens is 270 g/mol. The Kier molecular flexibility index (Phi) is 7.71. The molecule has 21 heavy (non-hydrogen) atoms. The number of carbonyl (C=O) groups excluding carboxylic acids is 2. The molecule has 0 aliphatic rings. The van der Waals surface area contributed by atoms with E-state index in [1.54, 1.807) is 0 Å². The highest BCUT2D eigenvalue weighted by Gasteiger charge is 2.04. The van der Waals surface area contributed by atoms with Crippen molar-refractivity contribution in [2.45, 2.75) is 12.8 Å². The molecule has 116 valence electrons. The summed E-state index contributed by atoms with van der Waals surface area (Å²) in [7, 11) is 3.32. The average Bonchev–Trinajstić information content (AvgIpc) is 2.52. The van der Waals surface area contributed by atoms with Gasteiger partial charge < -0.3 is 20.3 Å². The summed E-state index contributed by atoms with van der Waals surface area (Å²) in [6.07, 6.45) is 0.595. The van der Waals surface area contributed by atoms with Crippen molar-refractivity contribution in [2.24, 2.45) is 0 Å². The molecule has 0 atom stereocenters. The second-order valence-electron chi connectivity index (χ2n) is 4.63. The fourth-order valence-corrected chi connectivity index (χ4v) is 1.79. The van der Waals surface area contributed by atoms with Gasteiger partial charge in [0.05, 0.1) is 7.11 Å². The van der Waals surface area contributed by atoms with Gasteiger partial charge in [0.1, 0.15) is 0 Å². The monoisotopic (exact) mass is 293 g/mol. The van der Waals surface area contributed by atoms with E-state index in [4.69, 9.17) is 0 Å². The lowest BCUT2D eigenvalue weighted by Crippen LogP contribution is -2.32. The van der Waals surface area contributed by atoms with Crippen LogP contribution in [0.4, 0.5) is 10.5 Å². The molecule has 2 N–H and O–H groups in total. The molecule has 0 aromatic heterocycles. The molecule has 0 aliphatic heterocycles. The van der Waals surface area contributed by atoms with E-state index in [9.17, 15) is 9.59 Å². The van der Waals surface area contributed by atoms with E-state index >= 15 is 0 Å². The number of benzene rings is 1. The maximum absolute atomic E-state index is 11.5. The quantitative estimate of drug-likeness (QED) is 0.710. The van der Waals surface area contributed by atoms with Crippen molar-refractivity contribution in [1.29, 1.82) is 0 Å². The van der Waals surface area contributed by atoms with E-state index in [-0.39, 0.29) is 18.9 Å². The van der Waals surface area contributed by atoms with E-state index in [0.717, 1.165) is 18.7 Å². The minimum Gasteiger partial charge on any atom is -0.453 e. The third-order valence-electron chi connectivity index (χ3n) is 3.00. The number of nitrogens with zero attached hydrogens (tertiary/aromatic N) is 1. The van der Waals surface area contributed by atoms with Gasteiger partial charge in [-0.3, -0.25) is 4.79 Å². The minimum atomic E-state index is -0.521. The van der Waals surface area contributed by atoms with Gasteiger partial charge in [-0.1, -0.05) is 18.2 Å². The van der Waals surface area contributed by atoms with Crippen molar-refractivity contribution in [3.8, 4) is 0 Å². The number of anilines is 1. The highest BCUT2D eigenvalue weighted by Crippen LogP contribution is 2.10. The third-order valence-corrected chi connectivity index (χ3v) is 3.00. The fourth-order valence-electron chi connectivity index (χ4n) is 1.79. The average molecular weight is 293 g/mol. The summed E-state index contributed by atoms with van der Waals surface area (Å²) in [6, 6.07) is 10.1. The number of para-hydroxylation sites is 1. The van der Waals surface area contributed by atoms with Gasteiger partial charge in [0, 0.05) is 38.8 Å². The van der Waals surface area contributed by atoms with Gasteiger partial charge in [-0.2, -0.15) is 0 Å². The minimum absolute atomic E-state index is 0.0752. The molecule has 6 heteroatoms. The maximum Gasteiger partial charge on any atom is 0.406 e. The summed E-state index contributed by atoms with van der Waals surface area (Å²) in [5.41, 5.74) is 1.16. The van der Waals surface area contributed by atoms with E-state index in [1.807, 2.05) is 25.2 Å². The molecule has 0 spiro atoms. The molecule has 0 saturated carbocycles. The maximum atomic E-state index is 11.5. The number of hydrogen-bond acceptors (Lipinski definition) is 4. The van der Waals surface area contributed by atoms with Crippen LogP contribution in [-0.4, -0.2) is 45.8 Å². The number of ether oxygens (including phenoxy) is 1.